The average molecular weight is 348 g/mol. The fraction of sp³-hybridized carbons (Fsp3) is 0.188. The number of aryl methyl sites for hydroxylation is 1. The SMILES string of the molecule is Cc1cnc(CNC(=O)c2coc(COc3cccc(F)c3F)n2)[nH]1. The van der Waals surface area contributed by atoms with E-state index in [2.05, 4.69) is 20.3 Å². The molecule has 0 aliphatic rings. The minimum atomic E-state index is -1.10. The van der Waals surface area contributed by atoms with Crippen molar-refractivity contribution in [2.45, 2.75) is 20.1 Å². The lowest BCUT2D eigenvalue weighted by atomic mass is 10.3. The Labute approximate surface area is 141 Å². The van der Waals surface area contributed by atoms with Gasteiger partial charge in [0.25, 0.3) is 5.91 Å². The van der Waals surface area contributed by atoms with E-state index in [-0.39, 0.29) is 30.5 Å². The van der Waals surface area contributed by atoms with Gasteiger partial charge in [-0.25, -0.2) is 14.4 Å². The molecule has 0 unspecified atom stereocenters. The molecular formula is C16H14F2N4O3. The predicted molar refractivity (Wildman–Crippen MR) is 81.7 cm³/mol. The normalized spacial score (nSPS) is 10.7. The Bertz CT molecular complexity index is 891. The quantitative estimate of drug-likeness (QED) is 0.714. The van der Waals surface area contributed by atoms with Crippen molar-refractivity contribution in [3.05, 3.63) is 65.4 Å². The summed E-state index contributed by atoms with van der Waals surface area (Å²) in [6, 6.07) is 3.58. The first-order chi connectivity index (χ1) is 12.0. The number of aromatic nitrogens is 3. The number of halogens is 2. The minimum Gasteiger partial charge on any atom is -0.481 e. The molecule has 2 N–H and O–H groups in total. The van der Waals surface area contributed by atoms with E-state index >= 15 is 0 Å². The highest BCUT2D eigenvalue weighted by molar-refractivity contribution is 5.91. The second kappa shape index (κ2) is 7.12. The molecule has 0 fully saturated rings. The van der Waals surface area contributed by atoms with E-state index < -0.39 is 17.5 Å². The molecule has 3 aromatic rings. The van der Waals surface area contributed by atoms with Gasteiger partial charge in [-0.1, -0.05) is 6.07 Å². The first kappa shape index (κ1) is 16.6. The highest BCUT2D eigenvalue weighted by Gasteiger charge is 2.14. The topological polar surface area (TPSA) is 93.0 Å². The molecule has 7 nitrogen and oxygen atoms in total. The Kier molecular flexibility index (Phi) is 4.73. The van der Waals surface area contributed by atoms with E-state index in [4.69, 9.17) is 9.15 Å². The summed E-state index contributed by atoms with van der Waals surface area (Å²) in [4.78, 5) is 23.0. The number of oxazole rings is 1. The van der Waals surface area contributed by atoms with Crippen molar-refractivity contribution in [3.8, 4) is 5.75 Å². The van der Waals surface area contributed by atoms with Crippen LogP contribution in [0.1, 0.15) is 27.9 Å². The van der Waals surface area contributed by atoms with Crippen molar-refractivity contribution in [3.63, 3.8) is 0 Å². The number of nitrogens with one attached hydrogen (secondary N) is 2. The van der Waals surface area contributed by atoms with Crippen molar-refractivity contribution < 1.29 is 22.7 Å². The van der Waals surface area contributed by atoms with Gasteiger partial charge in [-0.05, 0) is 19.1 Å². The van der Waals surface area contributed by atoms with Crippen LogP contribution in [-0.4, -0.2) is 20.9 Å². The number of nitrogens with zero attached hydrogens (tertiary/aromatic N) is 2. The van der Waals surface area contributed by atoms with Crippen LogP contribution in [-0.2, 0) is 13.2 Å². The van der Waals surface area contributed by atoms with E-state index in [9.17, 15) is 13.6 Å². The number of ether oxygens (including phenoxy) is 1. The number of H-pyrrole nitrogens is 1. The third-order valence-corrected chi connectivity index (χ3v) is 3.22. The summed E-state index contributed by atoms with van der Waals surface area (Å²) in [5.74, 6) is -2.17. The van der Waals surface area contributed by atoms with Crippen molar-refractivity contribution in [2.75, 3.05) is 0 Å². The van der Waals surface area contributed by atoms with Gasteiger partial charge in [0.15, 0.2) is 23.9 Å². The lowest BCUT2D eigenvalue weighted by molar-refractivity contribution is 0.0945. The highest BCUT2D eigenvalue weighted by Crippen LogP contribution is 2.20. The molecule has 1 amide bonds. The Morgan fingerprint density at radius 1 is 1.40 bits per heavy atom. The Balaban J connectivity index is 1.56. The number of imidazole rings is 1. The fourth-order valence-corrected chi connectivity index (χ4v) is 2.03. The third-order valence-electron chi connectivity index (χ3n) is 3.22. The molecule has 0 saturated carbocycles. The lowest BCUT2D eigenvalue weighted by Gasteiger charge is -2.04. The number of rotatable bonds is 6. The number of hydrogen-bond donors (Lipinski definition) is 2. The monoisotopic (exact) mass is 348 g/mol. The van der Waals surface area contributed by atoms with Gasteiger partial charge in [-0.3, -0.25) is 4.79 Å². The van der Waals surface area contributed by atoms with Crippen molar-refractivity contribution >= 4 is 5.91 Å². The molecule has 0 atom stereocenters. The molecule has 0 radical (unpaired) electrons. The highest BCUT2D eigenvalue weighted by atomic mass is 19.2. The number of aromatic amines is 1. The van der Waals surface area contributed by atoms with E-state index in [1.54, 1.807) is 6.20 Å². The molecule has 2 heterocycles. The molecule has 0 bridgehead atoms. The van der Waals surface area contributed by atoms with Crippen LogP contribution in [0.2, 0.25) is 0 Å². The molecule has 0 spiro atoms. The molecule has 25 heavy (non-hydrogen) atoms. The van der Waals surface area contributed by atoms with Crippen LogP contribution >= 0.6 is 0 Å². The standard InChI is InChI=1S/C16H14F2N4O3/c1-9-5-19-13(21-9)6-20-16(23)11-7-25-14(22-11)8-24-12-4-2-3-10(17)15(12)18/h2-5,7H,6,8H2,1H3,(H,19,21)(H,20,23). The molecule has 3 rings (SSSR count). The summed E-state index contributed by atoms with van der Waals surface area (Å²) in [5.41, 5.74) is 0.927. The smallest absolute Gasteiger partial charge is 0.273 e. The molecule has 0 aliphatic heterocycles. The van der Waals surface area contributed by atoms with Crippen LogP contribution in [0.3, 0.4) is 0 Å². The van der Waals surface area contributed by atoms with Crippen LogP contribution in [0.5, 0.6) is 5.75 Å². The maximum Gasteiger partial charge on any atom is 0.273 e. The van der Waals surface area contributed by atoms with Gasteiger partial charge < -0.3 is 19.5 Å². The van der Waals surface area contributed by atoms with Crippen molar-refractivity contribution in [2.24, 2.45) is 0 Å². The summed E-state index contributed by atoms with van der Waals surface area (Å²) in [6.45, 7) is 1.81. The van der Waals surface area contributed by atoms with E-state index in [1.165, 1.54) is 12.1 Å². The summed E-state index contributed by atoms with van der Waals surface area (Å²) in [6.07, 6.45) is 2.81. The summed E-state index contributed by atoms with van der Waals surface area (Å²) < 4.78 is 36.8. The van der Waals surface area contributed by atoms with Gasteiger partial charge in [0.2, 0.25) is 11.7 Å². The number of benzene rings is 1. The maximum absolute atomic E-state index is 13.5. The van der Waals surface area contributed by atoms with Gasteiger partial charge >= 0.3 is 0 Å². The predicted octanol–water partition coefficient (Wildman–Crippen LogP) is 2.49. The zero-order valence-electron chi connectivity index (χ0n) is 13.2. The lowest BCUT2D eigenvalue weighted by Crippen LogP contribution is -2.23. The second-order valence-corrected chi connectivity index (χ2v) is 5.16. The van der Waals surface area contributed by atoms with Gasteiger partial charge in [-0.2, -0.15) is 4.39 Å². The number of amides is 1. The molecule has 9 heteroatoms. The summed E-state index contributed by atoms with van der Waals surface area (Å²) in [5, 5.41) is 2.63. The van der Waals surface area contributed by atoms with E-state index in [0.717, 1.165) is 18.0 Å². The third kappa shape index (κ3) is 4.00. The van der Waals surface area contributed by atoms with Crippen molar-refractivity contribution in [1.29, 1.82) is 0 Å². The minimum absolute atomic E-state index is 0.0431. The van der Waals surface area contributed by atoms with Crippen LogP contribution in [0.15, 0.2) is 35.1 Å². The largest absolute Gasteiger partial charge is 0.481 e. The molecule has 0 aliphatic carbocycles. The van der Waals surface area contributed by atoms with Crippen LogP contribution < -0.4 is 10.1 Å². The Morgan fingerprint density at radius 2 is 2.24 bits per heavy atom. The first-order valence-corrected chi connectivity index (χ1v) is 7.33. The molecule has 130 valence electrons. The zero-order valence-corrected chi connectivity index (χ0v) is 13.2. The van der Waals surface area contributed by atoms with Crippen LogP contribution in [0, 0.1) is 18.6 Å². The summed E-state index contributed by atoms with van der Waals surface area (Å²) in [7, 11) is 0. The Morgan fingerprint density at radius 3 is 3.00 bits per heavy atom. The van der Waals surface area contributed by atoms with Crippen molar-refractivity contribution in [1.82, 2.24) is 20.3 Å². The van der Waals surface area contributed by atoms with E-state index in [0.29, 0.717) is 5.82 Å². The number of hydrogen-bond acceptors (Lipinski definition) is 5. The Hall–Kier alpha value is -3.23. The number of carbonyl (C=O) groups excluding carboxylic acids is 1. The van der Waals surface area contributed by atoms with Gasteiger partial charge in [0.1, 0.15) is 12.1 Å². The fourth-order valence-electron chi connectivity index (χ4n) is 2.03. The van der Waals surface area contributed by atoms with Gasteiger partial charge in [0.05, 0.1) is 6.54 Å². The molecule has 1 aromatic carbocycles. The molecular weight excluding hydrogens is 334 g/mol. The zero-order chi connectivity index (χ0) is 17.8. The summed E-state index contributed by atoms with van der Waals surface area (Å²) >= 11 is 0. The first-order valence-electron chi connectivity index (χ1n) is 7.33. The molecule has 0 saturated heterocycles. The van der Waals surface area contributed by atoms with Gasteiger partial charge in [-0.15, -0.1) is 0 Å². The van der Waals surface area contributed by atoms with Gasteiger partial charge in [0, 0.05) is 11.9 Å². The van der Waals surface area contributed by atoms with E-state index in [1.807, 2.05) is 6.92 Å². The number of carbonyl (C=O) groups is 1. The van der Waals surface area contributed by atoms with Crippen LogP contribution in [0.4, 0.5) is 8.78 Å². The second-order valence-electron chi connectivity index (χ2n) is 5.16. The average Bonchev–Trinajstić information content (AvgIpc) is 3.23. The maximum atomic E-state index is 13.5. The van der Waals surface area contributed by atoms with Crippen LogP contribution in [0.25, 0.3) is 0 Å². The molecule has 2 aromatic heterocycles.